The molecule has 2 fully saturated rings. The van der Waals surface area contributed by atoms with Gasteiger partial charge in [-0.05, 0) is 42.5 Å². The average molecular weight is 541 g/mol. The molecule has 11 heteroatoms. The minimum Gasteiger partial charge on any atom is -0.469 e. The molecule has 1 aliphatic heterocycles. The van der Waals surface area contributed by atoms with Crippen molar-refractivity contribution in [2.45, 2.75) is 37.3 Å². The molecule has 204 valence electrons. The zero-order valence-electron chi connectivity index (χ0n) is 21.1. The van der Waals surface area contributed by atoms with Gasteiger partial charge in [0.25, 0.3) is 0 Å². The number of aromatic nitrogens is 2. The average Bonchev–Trinajstić information content (AvgIpc) is 3.68. The van der Waals surface area contributed by atoms with Crippen molar-refractivity contribution in [3.05, 3.63) is 83.2 Å². The number of methoxy groups -OCH3 is 1. The number of likely N-dealkylation sites (tertiary alicyclic amines) is 1. The van der Waals surface area contributed by atoms with E-state index in [4.69, 9.17) is 9.84 Å². The molecule has 1 atom stereocenters. The lowest BCUT2D eigenvalue weighted by atomic mass is 9.80. The molecular formula is C28H27F3N4O4. The van der Waals surface area contributed by atoms with E-state index < -0.39 is 35.1 Å². The minimum atomic E-state index is -4.72. The Balaban J connectivity index is 1.46. The fourth-order valence-corrected chi connectivity index (χ4v) is 5.19. The van der Waals surface area contributed by atoms with E-state index in [2.05, 4.69) is 15.3 Å². The standard InChI is InChI=1S/C28H27F3N4O4/c1-39-24(36)27(11-12-27)21(13-17-5-3-2-4-6-17)23-22(28(29,30)31)14-32-25(34-23)33-20-9-7-18(8-10-20)19-15-35(16-19)26(37)38/h2-10,14,19,21H,11-13,15-16H2,1H3,(H,37,38)(H,32,33,34). The smallest absolute Gasteiger partial charge is 0.419 e. The van der Waals surface area contributed by atoms with Crippen LogP contribution in [0.25, 0.3) is 0 Å². The summed E-state index contributed by atoms with van der Waals surface area (Å²) in [5.74, 6) is -1.34. The third-order valence-corrected chi connectivity index (χ3v) is 7.57. The van der Waals surface area contributed by atoms with Crippen LogP contribution in [0.3, 0.4) is 0 Å². The minimum absolute atomic E-state index is 0.0230. The first-order valence-electron chi connectivity index (χ1n) is 12.5. The van der Waals surface area contributed by atoms with Crippen LogP contribution in [0.1, 0.15) is 47.1 Å². The Morgan fingerprint density at radius 2 is 1.79 bits per heavy atom. The molecule has 5 rings (SSSR count). The number of carbonyl (C=O) groups is 2. The molecule has 1 unspecified atom stereocenters. The summed E-state index contributed by atoms with van der Waals surface area (Å²) < 4.78 is 47.6. The molecule has 0 radical (unpaired) electrons. The number of hydrogen-bond acceptors (Lipinski definition) is 6. The van der Waals surface area contributed by atoms with Crippen molar-refractivity contribution < 1.29 is 32.6 Å². The summed E-state index contributed by atoms with van der Waals surface area (Å²) in [7, 11) is 1.24. The summed E-state index contributed by atoms with van der Waals surface area (Å²) in [5.41, 5.74) is -0.00724. The number of rotatable bonds is 8. The predicted molar refractivity (Wildman–Crippen MR) is 136 cm³/mol. The van der Waals surface area contributed by atoms with Gasteiger partial charge in [0.15, 0.2) is 0 Å². The highest BCUT2D eigenvalue weighted by Crippen LogP contribution is 2.59. The second-order valence-corrected chi connectivity index (χ2v) is 10.0. The van der Waals surface area contributed by atoms with Gasteiger partial charge >= 0.3 is 18.2 Å². The fourth-order valence-electron chi connectivity index (χ4n) is 5.19. The van der Waals surface area contributed by atoms with Gasteiger partial charge in [-0.3, -0.25) is 4.79 Å². The number of anilines is 2. The van der Waals surface area contributed by atoms with Crippen molar-refractivity contribution in [2.75, 3.05) is 25.5 Å². The second-order valence-electron chi connectivity index (χ2n) is 10.0. The van der Waals surface area contributed by atoms with Crippen LogP contribution >= 0.6 is 0 Å². The number of nitrogens with zero attached hydrogens (tertiary/aromatic N) is 3. The molecule has 2 N–H and O–H groups in total. The highest BCUT2D eigenvalue weighted by atomic mass is 19.4. The molecule has 1 amide bonds. The molecule has 2 aliphatic rings. The quantitative estimate of drug-likeness (QED) is 0.359. The summed E-state index contributed by atoms with van der Waals surface area (Å²) in [5, 5.41) is 12.0. The first kappa shape index (κ1) is 26.5. The third-order valence-electron chi connectivity index (χ3n) is 7.57. The van der Waals surface area contributed by atoms with Crippen LogP contribution < -0.4 is 5.32 Å². The van der Waals surface area contributed by atoms with Gasteiger partial charge in [-0.1, -0.05) is 42.5 Å². The Labute approximate surface area is 222 Å². The van der Waals surface area contributed by atoms with Gasteiger partial charge in [0, 0.05) is 36.8 Å². The molecule has 8 nitrogen and oxygen atoms in total. The van der Waals surface area contributed by atoms with Crippen molar-refractivity contribution in [2.24, 2.45) is 5.41 Å². The maximum Gasteiger partial charge on any atom is 0.419 e. The molecule has 2 heterocycles. The van der Waals surface area contributed by atoms with Crippen molar-refractivity contribution in [1.29, 1.82) is 0 Å². The van der Waals surface area contributed by atoms with E-state index in [1.165, 1.54) is 12.0 Å². The van der Waals surface area contributed by atoms with E-state index >= 15 is 0 Å². The molecule has 1 aliphatic carbocycles. The zero-order valence-corrected chi connectivity index (χ0v) is 21.1. The van der Waals surface area contributed by atoms with E-state index in [9.17, 15) is 22.8 Å². The number of hydrogen-bond donors (Lipinski definition) is 2. The van der Waals surface area contributed by atoms with Crippen molar-refractivity contribution in [1.82, 2.24) is 14.9 Å². The van der Waals surface area contributed by atoms with Gasteiger partial charge in [-0.25, -0.2) is 14.8 Å². The van der Waals surface area contributed by atoms with Crippen LogP contribution in [0.4, 0.5) is 29.6 Å². The van der Waals surface area contributed by atoms with Crippen LogP contribution in [-0.2, 0) is 22.1 Å². The second kappa shape index (κ2) is 10.2. The van der Waals surface area contributed by atoms with Gasteiger partial charge in [-0.2, -0.15) is 13.2 Å². The molecule has 2 aromatic carbocycles. The number of nitrogens with one attached hydrogen (secondary N) is 1. The van der Waals surface area contributed by atoms with E-state index in [0.717, 1.165) is 17.3 Å². The maximum absolute atomic E-state index is 14.2. The van der Waals surface area contributed by atoms with E-state index in [0.29, 0.717) is 31.6 Å². The number of benzene rings is 2. The lowest BCUT2D eigenvalue weighted by molar-refractivity contribution is -0.149. The highest BCUT2D eigenvalue weighted by molar-refractivity contribution is 5.81. The Morgan fingerprint density at radius 1 is 1.13 bits per heavy atom. The number of halogens is 3. The summed E-state index contributed by atoms with van der Waals surface area (Å²) in [6.07, 6.45) is -3.92. The number of esters is 1. The van der Waals surface area contributed by atoms with Crippen LogP contribution in [0, 0.1) is 5.41 Å². The first-order chi connectivity index (χ1) is 18.6. The van der Waals surface area contributed by atoms with Crippen LogP contribution in [-0.4, -0.2) is 52.2 Å². The van der Waals surface area contributed by atoms with Crippen LogP contribution in [0.15, 0.2) is 60.8 Å². The molecule has 39 heavy (non-hydrogen) atoms. The monoisotopic (exact) mass is 540 g/mol. The number of amides is 1. The van der Waals surface area contributed by atoms with Gasteiger partial charge in [0.1, 0.15) is 0 Å². The van der Waals surface area contributed by atoms with Crippen molar-refractivity contribution in [3.63, 3.8) is 0 Å². The Morgan fingerprint density at radius 3 is 2.36 bits per heavy atom. The summed E-state index contributed by atoms with van der Waals surface area (Å²) in [6.45, 7) is 0.830. The largest absolute Gasteiger partial charge is 0.469 e. The van der Waals surface area contributed by atoms with E-state index in [1.54, 1.807) is 24.3 Å². The molecular weight excluding hydrogens is 513 g/mol. The number of carbonyl (C=O) groups excluding carboxylic acids is 1. The van der Waals surface area contributed by atoms with Gasteiger partial charge in [0.05, 0.1) is 23.8 Å². The molecule has 0 spiro atoms. The molecule has 3 aromatic rings. The maximum atomic E-state index is 14.2. The molecule has 1 aromatic heterocycles. The molecule has 1 saturated carbocycles. The molecule has 1 saturated heterocycles. The lowest BCUT2D eigenvalue weighted by Crippen LogP contribution is -2.47. The normalized spacial score (nSPS) is 17.2. The lowest BCUT2D eigenvalue weighted by Gasteiger charge is -2.37. The SMILES string of the molecule is COC(=O)C1(C(Cc2ccccc2)c2nc(Nc3ccc(C4CN(C(=O)O)C4)cc3)ncc2C(F)(F)F)CC1. The van der Waals surface area contributed by atoms with Gasteiger partial charge in [0.2, 0.25) is 5.95 Å². The van der Waals surface area contributed by atoms with Crippen LogP contribution in [0.5, 0.6) is 0 Å². The van der Waals surface area contributed by atoms with Crippen molar-refractivity contribution >= 4 is 23.7 Å². The van der Waals surface area contributed by atoms with Crippen LogP contribution in [0.2, 0.25) is 0 Å². The fraction of sp³-hybridized carbons (Fsp3) is 0.357. The third kappa shape index (κ3) is 5.39. The number of carboxylic acid groups (broad SMARTS) is 1. The Kier molecular flexibility index (Phi) is 6.92. The van der Waals surface area contributed by atoms with Crippen molar-refractivity contribution in [3.8, 4) is 0 Å². The van der Waals surface area contributed by atoms with E-state index in [-0.39, 0.29) is 24.0 Å². The predicted octanol–water partition coefficient (Wildman–Crippen LogP) is 5.60. The first-order valence-corrected chi connectivity index (χ1v) is 12.5. The number of alkyl halides is 3. The van der Waals surface area contributed by atoms with E-state index in [1.807, 2.05) is 30.3 Å². The number of ether oxygens (including phenoxy) is 1. The summed E-state index contributed by atoms with van der Waals surface area (Å²) in [6, 6.07) is 16.2. The van der Waals surface area contributed by atoms with Gasteiger partial charge < -0.3 is 20.1 Å². The Hall–Kier alpha value is -4.15. The highest BCUT2D eigenvalue weighted by Gasteiger charge is 2.59. The Bertz CT molecular complexity index is 1360. The zero-order chi connectivity index (χ0) is 27.8. The van der Waals surface area contributed by atoms with Gasteiger partial charge in [-0.15, -0.1) is 0 Å². The summed E-state index contributed by atoms with van der Waals surface area (Å²) in [4.78, 5) is 33.4. The summed E-state index contributed by atoms with van der Waals surface area (Å²) >= 11 is 0. The molecule has 0 bridgehead atoms. The topological polar surface area (TPSA) is 105 Å².